The second-order valence-electron chi connectivity index (χ2n) is 5.73. The highest BCUT2D eigenvalue weighted by atomic mass is 127. The molecule has 2 N–H and O–H groups in total. The minimum atomic E-state index is -4.40. The topological polar surface area (TPSA) is 58.5 Å². The summed E-state index contributed by atoms with van der Waals surface area (Å²) in [6.45, 7) is 5.99. The van der Waals surface area contributed by atoms with Gasteiger partial charge in [0.05, 0.1) is 11.6 Å². The van der Waals surface area contributed by atoms with E-state index in [2.05, 4.69) is 20.6 Å². The van der Waals surface area contributed by atoms with Crippen molar-refractivity contribution in [2.24, 2.45) is 4.99 Å². The summed E-state index contributed by atoms with van der Waals surface area (Å²) in [5.74, 6) is 1.40. The van der Waals surface area contributed by atoms with Crippen molar-refractivity contribution in [3.8, 4) is 5.75 Å². The van der Waals surface area contributed by atoms with Crippen LogP contribution in [0.25, 0.3) is 0 Å². The highest BCUT2D eigenvalue weighted by Crippen LogP contribution is 2.30. The first-order valence-electron chi connectivity index (χ1n) is 8.61. The number of guanidine groups is 1. The lowest BCUT2D eigenvalue weighted by atomic mass is 10.2. The number of hydrogen-bond donors (Lipinski definition) is 2. The van der Waals surface area contributed by atoms with E-state index in [-0.39, 0.29) is 24.0 Å². The number of aryl methyl sites for hydroxylation is 1. The predicted molar refractivity (Wildman–Crippen MR) is 117 cm³/mol. The molecule has 0 aliphatic rings. The van der Waals surface area contributed by atoms with Crippen molar-refractivity contribution in [2.75, 3.05) is 26.2 Å². The first kappa shape index (κ1) is 24.5. The molecule has 5 nitrogen and oxygen atoms in total. The molecule has 156 valence electrons. The minimum Gasteiger partial charge on any atom is -0.492 e. The molecular weight excluding hydrogens is 504 g/mol. The van der Waals surface area contributed by atoms with Crippen LogP contribution in [-0.2, 0) is 12.6 Å². The van der Waals surface area contributed by atoms with Crippen LogP contribution in [0.1, 0.15) is 23.2 Å². The molecule has 10 heteroatoms. The Kier molecular flexibility index (Phi) is 10.6. The lowest BCUT2D eigenvalue weighted by molar-refractivity contribution is -0.140. The molecule has 0 unspecified atom stereocenters. The van der Waals surface area contributed by atoms with E-state index in [0.29, 0.717) is 43.6 Å². The van der Waals surface area contributed by atoms with Gasteiger partial charge in [-0.15, -0.1) is 35.3 Å². The Hall–Kier alpha value is -1.56. The molecule has 0 aliphatic carbocycles. The monoisotopic (exact) mass is 528 g/mol. The van der Waals surface area contributed by atoms with E-state index < -0.39 is 11.9 Å². The number of aromatic nitrogens is 1. The zero-order valence-electron chi connectivity index (χ0n) is 15.7. The van der Waals surface area contributed by atoms with E-state index >= 15 is 0 Å². The van der Waals surface area contributed by atoms with Gasteiger partial charge >= 0.3 is 6.18 Å². The van der Waals surface area contributed by atoms with Crippen LogP contribution in [0.15, 0.2) is 34.6 Å². The fourth-order valence-electron chi connectivity index (χ4n) is 2.20. The molecular formula is C18H24F3IN4OS. The van der Waals surface area contributed by atoms with E-state index in [0.717, 1.165) is 28.0 Å². The summed E-state index contributed by atoms with van der Waals surface area (Å²) in [7, 11) is 0. The predicted octanol–water partition coefficient (Wildman–Crippen LogP) is 4.26. The number of benzene rings is 1. The molecule has 0 radical (unpaired) electrons. The minimum absolute atomic E-state index is 0. The first-order valence-corrected chi connectivity index (χ1v) is 9.49. The average Bonchev–Trinajstić information content (AvgIpc) is 3.08. The van der Waals surface area contributed by atoms with Crippen molar-refractivity contribution in [3.05, 3.63) is 45.9 Å². The maximum atomic E-state index is 12.6. The summed E-state index contributed by atoms with van der Waals surface area (Å²) in [4.78, 5) is 7.97. The third kappa shape index (κ3) is 8.63. The van der Waals surface area contributed by atoms with Gasteiger partial charge in [-0.3, -0.25) is 4.99 Å². The summed E-state index contributed by atoms with van der Waals surface area (Å²) < 4.78 is 43.3. The lowest BCUT2D eigenvalue weighted by Crippen LogP contribution is -2.39. The first-order chi connectivity index (χ1) is 12.9. The number of ether oxygens (including phenoxy) is 1. The van der Waals surface area contributed by atoms with Gasteiger partial charge in [-0.05, 0) is 31.5 Å². The average molecular weight is 528 g/mol. The van der Waals surface area contributed by atoms with Gasteiger partial charge in [-0.2, -0.15) is 13.2 Å². The fraction of sp³-hybridized carbons (Fsp3) is 0.444. The maximum absolute atomic E-state index is 12.6. The Bertz CT molecular complexity index is 752. The van der Waals surface area contributed by atoms with Crippen molar-refractivity contribution in [2.45, 2.75) is 26.4 Å². The van der Waals surface area contributed by atoms with Crippen LogP contribution in [0, 0.1) is 6.92 Å². The van der Waals surface area contributed by atoms with Crippen LogP contribution in [0.5, 0.6) is 5.75 Å². The summed E-state index contributed by atoms with van der Waals surface area (Å²) in [6, 6.07) is 7.80. The second kappa shape index (κ2) is 12.1. The third-order valence-corrected chi connectivity index (χ3v) is 4.34. The van der Waals surface area contributed by atoms with Crippen molar-refractivity contribution in [1.29, 1.82) is 0 Å². The highest BCUT2D eigenvalue weighted by Gasteiger charge is 2.33. The Morgan fingerprint density at radius 2 is 2.07 bits per heavy atom. The molecule has 0 saturated carbocycles. The largest absolute Gasteiger partial charge is 0.492 e. The quantitative estimate of drug-likeness (QED) is 0.233. The van der Waals surface area contributed by atoms with Gasteiger partial charge in [0.2, 0.25) is 0 Å². The number of nitrogens with one attached hydrogen (secondary N) is 2. The van der Waals surface area contributed by atoms with Gasteiger partial charge in [-0.1, -0.05) is 12.1 Å². The van der Waals surface area contributed by atoms with Crippen molar-refractivity contribution < 1.29 is 17.9 Å². The van der Waals surface area contributed by atoms with Gasteiger partial charge in [0, 0.05) is 24.9 Å². The number of rotatable bonds is 8. The summed E-state index contributed by atoms with van der Waals surface area (Å²) in [5.41, 5.74) is 0.288. The van der Waals surface area contributed by atoms with Crippen molar-refractivity contribution in [1.82, 2.24) is 15.6 Å². The number of aliphatic imine (C=N–C) groups is 1. The van der Waals surface area contributed by atoms with Crippen LogP contribution in [0.4, 0.5) is 13.2 Å². The number of halogens is 4. The normalized spacial score (nSPS) is 11.7. The summed E-state index contributed by atoms with van der Waals surface area (Å²) in [6.07, 6.45) is -4.04. The standard InChI is InChI=1S/C18H23F3N4OS.HI/c1-3-22-17(24-9-10-26-14-6-4-5-13(2)11-14)23-8-7-16-25-15(12-27-16)18(19,20)21;/h4-6,11-12H,3,7-10H2,1-2H3,(H2,22,23,24);1H. The lowest BCUT2D eigenvalue weighted by Gasteiger charge is -2.12. The van der Waals surface area contributed by atoms with E-state index in [4.69, 9.17) is 4.74 Å². The van der Waals surface area contributed by atoms with Gasteiger partial charge < -0.3 is 15.4 Å². The second-order valence-corrected chi connectivity index (χ2v) is 6.67. The van der Waals surface area contributed by atoms with E-state index in [9.17, 15) is 13.2 Å². The fourth-order valence-corrected chi connectivity index (χ4v) is 3.00. The highest BCUT2D eigenvalue weighted by molar-refractivity contribution is 14.0. The number of nitrogens with zero attached hydrogens (tertiary/aromatic N) is 2. The van der Waals surface area contributed by atoms with Crippen LogP contribution in [0.2, 0.25) is 0 Å². The van der Waals surface area contributed by atoms with Gasteiger partial charge in [-0.25, -0.2) is 4.98 Å². The number of thiazole rings is 1. The molecule has 1 aromatic heterocycles. The zero-order valence-corrected chi connectivity index (χ0v) is 18.8. The SMILES string of the molecule is CCNC(=NCCc1nc(C(F)(F)F)cs1)NCCOc1cccc(C)c1.I. The Balaban J connectivity index is 0.00000392. The van der Waals surface area contributed by atoms with Gasteiger partial charge in [0.15, 0.2) is 11.7 Å². The number of alkyl halides is 3. The summed E-state index contributed by atoms with van der Waals surface area (Å²) in [5, 5.41) is 7.68. The molecule has 0 amide bonds. The molecule has 0 spiro atoms. The van der Waals surface area contributed by atoms with Crippen molar-refractivity contribution >= 4 is 41.3 Å². The molecule has 0 fully saturated rings. The van der Waals surface area contributed by atoms with E-state index in [1.54, 1.807) is 0 Å². The smallest absolute Gasteiger partial charge is 0.434 e. The summed E-state index contributed by atoms with van der Waals surface area (Å²) >= 11 is 1.00. The van der Waals surface area contributed by atoms with Crippen LogP contribution in [-0.4, -0.2) is 37.2 Å². The van der Waals surface area contributed by atoms with Crippen LogP contribution in [0.3, 0.4) is 0 Å². The molecule has 0 atom stereocenters. The van der Waals surface area contributed by atoms with Gasteiger partial charge in [0.1, 0.15) is 12.4 Å². The number of hydrogen-bond acceptors (Lipinski definition) is 4. The van der Waals surface area contributed by atoms with E-state index in [1.807, 2.05) is 38.1 Å². The molecule has 0 aliphatic heterocycles. The van der Waals surface area contributed by atoms with Crippen LogP contribution >= 0.6 is 35.3 Å². The third-order valence-electron chi connectivity index (χ3n) is 3.43. The van der Waals surface area contributed by atoms with E-state index in [1.165, 1.54) is 0 Å². The maximum Gasteiger partial charge on any atom is 0.434 e. The molecule has 1 aromatic carbocycles. The zero-order chi connectivity index (χ0) is 19.7. The van der Waals surface area contributed by atoms with Crippen molar-refractivity contribution in [3.63, 3.8) is 0 Å². The Morgan fingerprint density at radius 1 is 1.29 bits per heavy atom. The molecule has 2 aromatic rings. The Labute approximate surface area is 183 Å². The molecule has 28 heavy (non-hydrogen) atoms. The molecule has 1 heterocycles. The molecule has 0 saturated heterocycles. The van der Waals surface area contributed by atoms with Crippen LogP contribution < -0.4 is 15.4 Å². The van der Waals surface area contributed by atoms with Gasteiger partial charge in [0.25, 0.3) is 0 Å². The molecule has 0 bridgehead atoms. The Morgan fingerprint density at radius 3 is 2.71 bits per heavy atom. The molecule has 2 rings (SSSR count).